The fourth-order valence-corrected chi connectivity index (χ4v) is 5.62. The molecule has 3 aliphatic rings. The highest BCUT2D eigenvalue weighted by Crippen LogP contribution is 2.33. The lowest BCUT2D eigenvalue weighted by Gasteiger charge is -2.27. The third-order valence-electron chi connectivity index (χ3n) is 7.57. The van der Waals surface area contributed by atoms with E-state index in [2.05, 4.69) is 31.1 Å². The highest BCUT2D eigenvalue weighted by molar-refractivity contribution is 5.76. The van der Waals surface area contributed by atoms with Gasteiger partial charge in [-0.2, -0.15) is 10.4 Å². The van der Waals surface area contributed by atoms with Crippen LogP contribution in [0.2, 0.25) is 0 Å². The second-order valence-electron chi connectivity index (χ2n) is 9.76. The van der Waals surface area contributed by atoms with Crippen LogP contribution in [0.5, 0.6) is 0 Å². The van der Waals surface area contributed by atoms with Crippen molar-refractivity contribution in [2.45, 2.75) is 32.2 Å². The van der Waals surface area contributed by atoms with Crippen LogP contribution in [0, 0.1) is 30.1 Å². The van der Waals surface area contributed by atoms with E-state index in [1.165, 1.54) is 0 Å². The van der Waals surface area contributed by atoms with Crippen LogP contribution in [0.15, 0.2) is 29.3 Å². The molecule has 0 spiro atoms. The lowest BCUT2D eigenvalue weighted by atomic mass is 10.0. The minimum atomic E-state index is -0.161. The number of nitrogens with zero attached hydrogens (tertiary/aromatic N) is 6. The van der Waals surface area contributed by atoms with Crippen molar-refractivity contribution in [3.8, 4) is 6.07 Å². The van der Waals surface area contributed by atoms with Gasteiger partial charge in [-0.1, -0.05) is 0 Å². The summed E-state index contributed by atoms with van der Waals surface area (Å²) in [5.74, 6) is 1.96. The zero-order valence-electron chi connectivity index (χ0n) is 20.0. The summed E-state index contributed by atoms with van der Waals surface area (Å²) in [5.41, 5.74) is 1.95. The summed E-state index contributed by atoms with van der Waals surface area (Å²) in [6.45, 7) is 6.97. The maximum absolute atomic E-state index is 12.8. The Labute approximate surface area is 204 Å². The third-order valence-corrected chi connectivity index (χ3v) is 7.57. The molecule has 0 aliphatic carbocycles. The first-order chi connectivity index (χ1) is 17.0. The molecule has 0 radical (unpaired) electrons. The molecule has 184 valence electrons. The van der Waals surface area contributed by atoms with Gasteiger partial charge < -0.3 is 19.4 Å². The molecule has 3 saturated heterocycles. The molecular formula is C25H31N7O3. The molecule has 3 fully saturated rings. The standard InChI is InChI=1S/C25H31N7O3/c1-17-22(11-28-29-25(17)34)32-7-2-3-21(32)16-35-8-6-24(33)31-14-19-12-30(13-20(19)15-31)23-5-4-18(9-26)10-27-23/h4-5,10-11,19-21H,2-3,6-8,12-16H2,1H3,(H,29,34)/t19?,20?,21-/m0/s1. The summed E-state index contributed by atoms with van der Waals surface area (Å²) < 4.78 is 5.92. The van der Waals surface area contributed by atoms with Crippen molar-refractivity contribution in [3.05, 3.63) is 46.0 Å². The molecule has 5 heterocycles. The van der Waals surface area contributed by atoms with Crippen LogP contribution in [0.25, 0.3) is 0 Å². The quantitative estimate of drug-likeness (QED) is 0.593. The van der Waals surface area contributed by atoms with Crippen molar-refractivity contribution in [2.24, 2.45) is 11.8 Å². The minimum Gasteiger partial charge on any atom is -0.379 e. The first-order valence-corrected chi connectivity index (χ1v) is 12.3. The van der Waals surface area contributed by atoms with Crippen LogP contribution in [0.1, 0.15) is 30.4 Å². The molecule has 0 aromatic carbocycles. The Balaban J connectivity index is 1.06. The molecule has 10 nitrogen and oxygen atoms in total. The number of ether oxygens (including phenoxy) is 1. The number of carbonyl (C=O) groups is 1. The van der Waals surface area contributed by atoms with Gasteiger partial charge in [0.2, 0.25) is 5.91 Å². The van der Waals surface area contributed by atoms with Gasteiger partial charge in [0.05, 0.1) is 43.1 Å². The number of rotatable bonds is 7. The molecular weight excluding hydrogens is 446 g/mol. The molecule has 1 N–H and O–H groups in total. The van der Waals surface area contributed by atoms with Gasteiger partial charge in [0.15, 0.2) is 0 Å². The van der Waals surface area contributed by atoms with Crippen molar-refractivity contribution in [1.29, 1.82) is 5.26 Å². The monoisotopic (exact) mass is 477 g/mol. The molecule has 1 amide bonds. The fraction of sp³-hybridized carbons (Fsp3) is 0.560. The van der Waals surface area contributed by atoms with Crippen LogP contribution < -0.4 is 15.4 Å². The van der Waals surface area contributed by atoms with Gasteiger partial charge in [-0.25, -0.2) is 10.1 Å². The Kier molecular flexibility index (Phi) is 6.68. The lowest BCUT2D eigenvalue weighted by molar-refractivity contribution is -0.131. The van der Waals surface area contributed by atoms with Crippen molar-refractivity contribution in [2.75, 3.05) is 55.7 Å². The van der Waals surface area contributed by atoms with Crippen LogP contribution in [-0.2, 0) is 9.53 Å². The first-order valence-electron chi connectivity index (χ1n) is 12.3. The number of fused-ring (bicyclic) bond motifs is 1. The van der Waals surface area contributed by atoms with Gasteiger partial charge >= 0.3 is 0 Å². The predicted octanol–water partition coefficient (Wildman–Crippen LogP) is 1.32. The SMILES string of the molecule is Cc1c(N2CCC[C@H]2COCCC(=O)N2CC3CN(c4ccc(C#N)cn4)CC3C2)cn[nH]c1=O. The van der Waals surface area contributed by atoms with E-state index in [0.29, 0.717) is 42.6 Å². The summed E-state index contributed by atoms with van der Waals surface area (Å²) >= 11 is 0. The number of hydrogen-bond acceptors (Lipinski definition) is 8. The molecule has 10 heteroatoms. The van der Waals surface area contributed by atoms with Gasteiger partial charge in [-0.05, 0) is 31.9 Å². The molecule has 5 rings (SSSR count). The zero-order valence-corrected chi connectivity index (χ0v) is 20.0. The highest BCUT2D eigenvalue weighted by Gasteiger charge is 2.41. The average molecular weight is 478 g/mol. The Hall–Kier alpha value is -3.45. The summed E-state index contributed by atoms with van der Waals surface area (Å²) in [4.78, 5) is 35.6. The van der Waals surface area contributed by atoms with E-state index >= 15 is 0 Å². The summed E-state index contributed by atoms with van der Waals surface area (Å²) in [6, 6.07) is 6.00. The molecule has 2 unspecified atom stereocenters. The number of carbonyl (C=O) groups excluding carboxylic acids is 1. The molecule has 2 aromatic rings. The first kappa shape index (κ1) is 23.3. The number of aromatic nitrogens is 3. The van der Waals surface area contributed by atoms with E-state index in [-0.39, 0.29) is 17.5 Å². The Morgan fingerprint density at radius 3 is 2.74 bits per heavy atom. The van der Waals surface area contributed by atoms with E-state index in [1.54, 1.807) is 18.5 Å². The maximum Gasteiger partial charge on any atom is 0.269 e. The van der Waals surface area contributed by atoms with Crippen molar-refractivity contribution >= 4 is 17.4 Å². The van der Waals surface area contributed by atoms with Crippen molar-refractivity contribution in [3.63, 3.8) is 0 Å². The predicted molar refractivity (Wildman–Crippen MR) is 130 cm³/mol. The molecule has 3 atom stereocenters. The number of hydrogen-bond donors (Lipinski definition) is 1. The minimum absolute atomic E-state index is 0.153. The van der Waals surface area contributed by atoms with Crippen LogP contribution in [0.4, 0.5) is 11.5 Å². The van der Waals surface area contributed by atoms with Gasteiger partial charge in [-0.15, -0.1) is 0 Å². The Morgan fingerprint density at radius 1 is 1.23 bits per heavy atom. The number of nitriles is 1. The zero-order chi connectivity index (χ0) is 24.4. The number of likely N-dealkylation sites (tertiary alicyclic amines) is 1. The second-order valence-corrected chi connectivity index (χ2v) is 9.76. The third kappa shape index (κ3) is 4.86. The van der Waals surface area contributed by atoms with E-state index in [9.17, 15) is 9.59 Å². The van der Waals surface area contributed by atoms with Gasteiger partial charge in [0.1, 0.15) is 11.9 Å². The van der Waals surface area contributed by atoms with E-state index in [0.717, 1.165) is 57.1 Å². The largest absolute Gasteiger partial charge is 0.379 e. The number of pyridine rings is 1. The van der Waals surface area contributed by atoms with Crippen LogP contribution >= 0.6 is 0 Å². The smallest absolute Gasteiger partial charge is 0.269 e. The van der Waals surface area contributed by atoms with Crippen molar-refractivity contribution < 1.29 is 9.53 Å². The van der Waals surface area contributed by atoms with Crippen LogP contribution in [0.3, 0.4) is 0 Å². The molecule has 0 bridgehead atoms. The number of aromatic amines is 1. The Bertz CT molecular complexity index is 1140. The maximum atomic E-state index is 12.8. The normalized spacial score (nSPS) is 23.5. The van der Waals surface area contributed by atoms with Crippen molar-refractivity contribution in [1.82, 2.24) is 20.1 Å². The summed E-state index contributed by atoms with van der Waals surface area (Å²) in [5, 5.41) is 15.4. The second kappa shape index (κ2) is 10.0. The molecule has 35 heavy (non-hydrogen) atoms. The van der Waals surface area contributed by atoms with E-state index < -0.39 is 0 Å². The number of anilines is 2. The number of amides is 1. The topological polar surface area (TPSA) is 118 Å². The molecule has 0 saturated carbocycles. The average Bonchev–Trinajstić information content (AvgIpc) is 3.59. The van der Waals surface area contributed by atoms with Crippen LogP contribution in [-0.4, -0.2) is 78.0 Å². The van der Waals surface area contributed by atoms with E-state index in [4.69, 9.17) is 10.00 Å². The van der Waals surface area contributed by atoms with E-state index in [1.807, 2.05) is 17.9 Å². The van der Waals surface area contributed by atoms with Gasteiger partial charge in [-0.3, -0.25) is 9.59 Å². The summed E-state index contributed by atoms with van der Waals surface area (Å²) in [7, 11) is 0. The van der Waals surface area contributed by atoms with Gasteiger partial charge in [0, 0.05) is 56.3 Å². The highest BCUT2D eigenvalue weighted by atomic mass is 16.5. The number of H-pyrrole nitrogens is 1. The summed E-state index contributed by atoms with van der Waals surface area (Å²) in [6.07, 6.45) is 5.76. The number of nitrogens with one attached hydrogen (secondary N) is 1. The lowest BCUT2D eigenvalue weighted by Crippen LogP contribution is -2.36. The van der Waals surface area contributed by atoms with Gasteiger partial charge in [0.25, 0.3) is 5.56 Å². The molecule has 3 aliphatic heterocycles. The Morgan fingerprint density at radius 2 is 2.03 bits per heavy atom. The molecule has 2 aromatic heterocycles. The fourth-order valence-electron chi connectivity index (χ4n) is 5.62.